The van der Waals surface area contributed by atoms with Crippen molar-refractivity contribution in [2.75, 3.05) is 43.0 Å². The number of hydrogen-bond donors (Lipinski definition) is 1. The Bertz CT molecular complexity index is 474. The monoisotopic (exact) mass is 289 g/mol. The molecule has 0 saturated carbocycles. The van der Waals surface area contributed by atoms with E-state index in [1.54, 1.807) is 0 Å². The van der Waals surface area contributed by atoms with Gasteiger partial charge in [0.05, 0.1) is 11.4 Å². The lowest BCUT2D eigenvalue weighted by molar-refractivity contribution is 0.292. The van der Waals surface area contributed by atoms with Gasteiger partial charge in [-0.05, 0) is 38.3 Å². The molecule has 1 aromatic carbocycles. The third kappa shape index (κ3) is 4.37. The van der Waals surface area contributed by atoms with E-state index in [1.807, 2.05) is 0 Å². The van der Waals surface area contributed by atoms with Crippen molar-refractivity contribution in [2.45, 2.75) is 40.2 Å². The zero-order valence-corrected chi connectivity index (χ0v) is 14.5. The number of rotatable bonds is 4. The maximum Gasteiger partial charge on any atom is 0.0604 e. The van der Waals surface area contributed by atoms with Gasteiger partial charge >= 0.3 is 0 Å². The summed E-state index contributed by atoms with van der Waals surface area (Å²) in [5, 5.41) is 3.65. The maximum absolute atomic E-state index is 3.65. The molecule has 3 nitrogen and oxygen atoms in total. The SMILES string of the molecule is CN1CCN(CC(C)(C)CNC(C)(C)C)c2ccccc21. The normalized spacial score (nSPS) is 16.1. The van der Waals surface area contributed by atoms with E-state index < -0.39 is 0 Å². The number of likely N-dealkylation sites (N-methyl/N-ethyl adjacent to an activating group) is 1. The van der Waals surface area contributed by atoms with Gasteiger partial charge in [-0.1, -0.05) is 26.0 Å². The summed E-state index contributed by atoms with van der Waals surface area (Å²) in [5.74, 6) is 0. The van der Waals surface area contributed by atoms with Gasteiger partial charge in [0.15, 0.2) is 0 Å². The van der Waals surface area contributed by atoms with E-state index in [2.05, 4.69) is 81.0 Å². The second-order valence-electron chi connectivity index (χ2n) is 8.10. The minimum Gasteiger partial charge on any atom is -0.371 e. The topological polar surface area (TPSA) is 18.5 Å². The van der Waals surface area contributed by atoms with Crippen molar-refractivity contribution in [1.29, 1.82) is 0 Å². The summed E-state index contributed by atoms with van der Waals surface area (Å²) >= 11 is 0. The van der Waals surface area contributed by atoms with Crippen molar-refractivity contribution >= 4 is 11.4 Å². The number of benzene rings is 1. The van der Waals surface area contributed by atoms with Crippen molar-refractivity contribution in [3.8, 4) is 0 Å². The first-order valence-electron chi connectivity index (χ1n) is 7.98. The Labute approximate surface area is 130 Å². The maximum atomic E-state index is 3.65. The molecule has 118 valence electrons. The van der Waals surface area contributed by atoms with Gasteiger partial charge in [0.25, 0.3) is 0 Å². The molecule has 0 saturated heterocycles. The van der Waals surface area contributed by atoms with E-state index in [0.717, 1.165) is 26.2 Å². The van der Waals surface area contributed by atoms with Crippen LogP contribution < -0.4 is 15.1 Å². The van der Waals surface area contributed by atoms with Crippen LogP contribution >= 0.6 is 0 Å². The Kier molecular flexibility index (Phi) is 4.52. The fourth-order valence-corrected chi connectivity index (χ4v) is 2.81. The minimum atomic E-state index is 0.178. The number of hydrogen-bond acceptors (Lipinski definition) is 3. The molecule has 1 aromatic rings. The molecule has 1 heterocycles. The average Bonchev–Trinajstić information content (AvgIpc) is 2.40. The lowest BCUT2D eigenvalue weighted by Gasteiger charge is -2.41. The van der Waals surface area contributed by atoms with Gasteiger partial charge in [0.1, 0.15) is 0 Å². The summed E-state index contributed by atoms with van der Waals surface area (Å²) in [6.07, 6.45) is 0. The molecular formula is C18H31N3. The van der Waals surface area contributed by atoms with Crippen molar-refractivity contribution in [2.24, 2.45) is 5.41 Å². The van der Waals surface area contributed by atoms with E-state index in [0.29, 0.717) is 0 Å². The van der Waals surface area contributed by atoms with Crippen LogP contribution in [0.1, 0.15) is 34.6 Å². The third-order valence-corrected chi connectivity index (χ3v) is 4.06. The first-order valence-corrected chi connectivity index (χ1v) is 7.98. The van der Waals surface area contributed by atoms with Crippen LogP contribution in [0.3, 0.4) is 0 Å². The largest absolute Gasteiger partial charge is 0.371 e. The van der Waals surface area contributed by atoms with Crippen LogP contribution in [-0.2, 0) is 0 Å². The molecule has 1 aliphatic heterocycles. The molecule has 21 heavy (non-hydrogen) atoms. The standard InChI is InChI=1S/C18H31N3/c1-17(2,3)19-13-18(4,5)14-21-12-11-20(6)15-9-7-8-10-16(15)21/h7-10,19H,11-14H2,1-6H3. The first kappa shape index (κ1) is 16.2. The van der Waals surface area contributed by atoms with Crippen LogP contribution in [0, 0.1) is 5.41 Å². The highest BCUT2D eigenvalue weighted by atomic mass is 15.3. The summed E-state index contributed by atoms with van der Waals surface area (Å²) in [5.41, 5.74) is 3.14. The fourth-order valence-electron chi connectivity index (χ4n) is 2.81. The molecule has 0 spiro atoms. The van der Waals surface area contributed by atoms with Crippen LogP contribution in [0.25, 0.3) is 0 Å². The van der Waals surface area contributed by atoms with Crippen molar-refractivity contribution in [3.63, 3.8) is 0 Å². The highest BCUT2D eigenvalue weighted by molar-refractivity contribution is 5.73. The third-order valence-electron chi connectivity index (χ3n) is 4.06. The van der Waals surface area contributed by atoms with Crippen LogP contribution in [0.15, 0.2) is 24.3 Å². The number of nitrogens with one attached hydrogen (secondary N) is 1. The highest BCUT2D eigenvalue weighted by Gasteiger charge is 2.27. The molecule has 0 aromatic heterocycles. The van der Waals surface area contributed by atoms with E-state index in [-0.39, 0.29) is 11.0 Å². The van der Waals surface area contributed by atoms with Gasteiger partial charge in [-0.2, -0.15) is 0 Å². The van der Waals surface area contributed by atoms with E-state index in [4.69, 9.17) is 0 Å². The number of anilines is 2. The Morgan fingerprint density at radius 3 is 2.24 bits per heavy atom. The summed E-state index contributed by atoms with van der Waals surface area (Å²) in [4.78, 5) is 4.89. The summed E-state index contributed by atoms with van der Waals surface area (Å²) in [6, 6.07) is 8.75. The predicted molar refractivity (Wildman–Crippen MR) is 93.5 cm³/mol. The lowest BCUT2D eigenvalue weighted by atomic mass is 9.90. The van der Waals surface area contributed by atoms with E-state index >= 15 is 0 Å². The molecule has 0 radical (unpaired) electrons. The molecule has 0 fully saturated rings. The smallest absolute Gasteiger partial charge is 0.0604 e. The minimum absolute atomic E-state index is 0.178. The molecule has 0 unspecified atom stereocenters. The highest BCUT2D eigenvalue weighted by Crippen LogP contribution is 2.33. The van der Waals surface area contributed by atoms with Gasteiger partial charge < -0.3 is 15.1 Å². The van der Waals surface area contributed by atoms with Gasteiger partial charge in [-0.3, -0.25) is 0 Å². The Balaban J connectivity index is 2.08. The Hall–Kier alpha value is -1.22. The van der Waals surface area contributed by atoms with Crippen molar-refractivity contribution < 1.29 is 0 Å². The molecule has 0 bridgehead atoms. The Morgan fingerprint density at radius 2 is 1.62 bits per heavy atom. The predicted octanol–water partition coefficient (Wildman–Crippen LogP) is 3.36. The van der Waals surface area contributed by atoms with E-state index in [9.17, 15) is 0 Å². The summed E-state index contributed by atoms with van der Waals surface area (Å²) < 4.78 is 0. The van der Waals surface area contributed by atoms with E-state index in [1.165, 1.54) is 11.4 Å². The second kappa shape index (κ2) is 5.88. The molecule has 1 aliphatic rings. The van der Waals surface area contributed by atoms with Gasteiger partial charge in [0.2, 0.25) is 0 Å². The average molecular weight is 289 g/mol. The van der Waals surface area contributed by atoms with Crippen molar-refractivity contribution in [3.05, 3.63) is 24.3 Å². The summed E-state index contributed by atoms with van der Waals surface area (Å²) in [6.45, 7) is 15.7. The van der Waals surface area contributed by atoms with Crippen LogP contribution in [-0.4, -0.2) is 38.8 Å². The van der Waals surface area contributed by atoms with Gasteiger partial charge in [-0.25, -0.2) is 0 Å². The zero-order valence-electron chi connectivity index (χ0n) is 14.5. The molecule has 0 aliphatic carbocycles. The molecule has 0 amide bonds. The van der Waals surface area contributed by atoms with Gasteiger partial charge in [0, 0.05) is 38.8 Å². The Morgan fingerprint density at radius 1 is 1.00 bits per heavy atom. The number of fused-ring (bicyclic) bond motifs is 1. The molecule has 3 heteroatoms. The van der Waals surface area contributed by atoms with Crippen molar-refractivity contribution in [1.82, 2.24) is 5.32 Å². The quantitative estimate of drug-likeness (QED) is 0.917. The van der Waals surface area contributed by atoms with Crippen LogP contribution in [0.2, 0.25) is 0 Å². The summed E-state index contributed by atoms with van der Waals surface area (Å²) in [7, 11) is 2.18. The van der Waals surface area contributed by atoms with Gasteiger partial charge in [-0.15, -0.1) is 0 Å². The lowest BCUT2D eigenvalue weighted by Crippen LogP contribution is -2.49. The van der Waals surface area contributed by atoms with Crippen LogP contribution in [0.4, 0.5) is 11.4 Å². The molecule has 0 atom stereocenters. The fraction of sp³-hybridized carbons (Fsp3) is 0.667. The first-order chi connectivity index (χ1) is 9.68. The number of para-hydroxylation sites is 2. The molecule has 1 N–H and O–H groups in total. The zero-order chi connectivity index (χ0) is 15.7. The van der Waals surface area contributed by atoms with Crippen LogP contribution in [0.5, 0.6) is 0 Å². The molecule has 2 rings (SSSR count). The molecular weight excluding hydrogens is 258 g/mol. The second-order valence-corrected chi connectivity index (χ2v) is 8.10. The number of nitrogens with zero attached hydrogens (tertiary/aromatic N) is 2.